The summed E-state index contributed by atoms with van der Waals surface area (Å²) in [7, 11) is -3.75. The fourth-order valence-corrected chi connectivity index (χ4v) is 3.72. The molecule has 0 radical (unpaired) electrons. The molecule has 0 spiro atoms. The highest BCUT2D eigenvalue weighted by atomic mass is 32.2. The maximum Gasteiger partial charge on any atom is 0.263 e. The molecule has 0 aliphatic heterocycles. The van der Waals surface area contributed by atoms with Gasteiger partial charge in [-0.1, -0.05) is 6.07 Å². The molecule has 9 heteroatoms. The standard InChI is InChI=1S/C16H11F2N3O2S2/c17-14-2-1-3-15(18)13(14)10-20-11-4-6-12(7-5-11)25(22,23)21-16-19-8-9-24-16/h1-10H,(H,19,21). The lowest BCUT2D eigenvalue weighted by molar-refractivity contribution is 0.580. The predicted molar refractivity (Wildman–Crippen MR) is 93.0 cm³/mol. The Morgan fingerprint density at radius 2 is 1.76 bits per heavy atom. The van der Waals surface area contributed by atoms with Crippen LogP contribution in [0.3, 0.4) is 0 Å². The van der Waals surface area contributed by atoms with Gasteiger partial charge in [0.05, 0.1) is 16.1 Å². The average Bonchev–Trinajstić information content (AvgIpc) is 3.07. The van der Waals surface area contributed by atoms with Gasteiger partial charge in [0.1, 0.15) is 11.6 Å². The molecular weight excluding hydrogens is 368 g/mol. The van der Waals surface area contributed by atoms with Gasteiger partial charge in [0.25, 0.3) is 10.0 Å². The number of sulfonamides is 1. The summed E-state index contributed by atoms with van der Waals surface area (Å²) in [6, 6.07) is 9.09. The zero-order chi connectivity index (χ0) is 17.9. The number of aliphatic imine (C=N–C) groups is 1. The van der Waals surface area contributed by atoms with Crippen LogP contribution < -0.4 is 4.72 Å². The first-order chi connectivity index (χ1) is 12.0. The van der Waals surface area contributed by atoms with Crippen LogP contribution in [-0.2, 0) is 10.0 Å². The summed E-state index contributed by atoms with van der Waals surface area (Å²) in [5, 5.41) is 1.91. The van der Waals surface area contributed by atoms with Gasteiger partial charge in [-0.05, 0) is 36.4 Å². The van der Waals surface area contributed by atoms with Crippen molar-refractivity contribution in [3.63, 3.8) is 0 Å². The van der Waals surface area contributed by atoms with E-state index in [4.69, 9.17) is 0 Å². The van der Waals surface area contributed by atoms with E-state index in [0.29, 0.717) is 5.69 Å². The van der Waals surface area contributed by atoms with Crippen LogP contribution in [0.4, 0.5) is 19.6 Å². The largest absolute Gasteiger partial charge is 0.263 e. The Kier molecular flexibility index (Phi) is 4.86. The fourth-order valence-electron chi connectivity index (χ4n) is 1.93. The number of nitrogens with zero attached hydrogens (tertiary/aromatic N) is 2. The van der Waals surface area contributed by atoms with Gasteiger partial charge in [0.15, 0.2) is 5.13 Å². The van der Waals surface area contributed by atoms with Crippen LogP contribution in [0.15, 0.2) is 63.9 Å². The molecule has 25 heavy (non-hydrogen) atoms. The Morgan fingerprint density at radius 1 is 1.08 bits per heavy atom. The molecule has 0 atom stereocenters. The van der Waals surface area contributed by atoms with Crippen LogP contribution in [0.2, 0.25) is 0 Å². The Balaban J connectivity index is 1.79. The molecule has 0 fully saturated rings. The van der Waals surface area contributed by atoms with Crippen LogP contribution in [0.1, 0.15) is 5.56 Å². The number of hydrogen-bond acceptors (Lipinski definition) is 5. The monoisotopic (exact) mass is 379 g/mol. The van der Waals surface area contributed by atoms with Gasteiger partial charge in [0.2, 0.25) is 0 Å². The number of rotatable bonds is 5. The summed E-state index contributed by atoms with van der Waals surface area (Å²) in [4.78, 5) is 7.85. The van der Waals surface area contributed by atoms with Crippen LogP contribution >= 0.6 is 11.3 Å². The number of aromatic nitrogens is 1. The van der Waals surface area contributed by atoms with E-state index >= 15 is 0 Å². The highest BCUT2D eigenvalue weighted by molar-refractivity contribution is 7.93. The maximum absolute atomic E-state index is 13.5. The van der Waals surface area contributed by atoms with Crippen molar-refractivity contribution in [2.45, 2.75) is 4.90 Å². The van der Waals surface area contributed by atoms with E-state index in [1.165, 1.54) is 36.5 Å². The highest BCUT2D eigenvalue weighted by Gasteiger charge is 2.15. The minimum atomic E-state index is -3.75. The van der Waals surface area contributed by atoms with E-state index in [2.05, 4.69) is 14.7 Å². The van der Waals surface area contributed by atoms with Crippen molar-refractivity contribution >= 4 is 38.4 Å². The van der Waals surface area contributed by atoms with Gasteiger partial charge >= 0.3 is 0 Å². The second-order valence-electron chi connectivity index (χ2n) is 4.83. The predicted octanol–water partition coefficient (Wildman–Crippen LogP) is 3.97. The van der Waals surface area contributed by atoms with Crippen molar-refractivity contribution in [2.24, 2.45) is 4.99 Å². The van der Waals surface area contributed by atoms with Crippen LogP contribution in [0, 0.1) is 11.6 Å². The lowest BCUT2D eigenvalue weighted by Crippen LogP contribution is -2.12. The number of halogens is 2. The number of benzene rings is 2. The minimum Gasteiger partial charge on any atom is -0.256 e. The van der Waals surface area contributed by atoms with Crippen molar-refractivity contribution in [2.75, 3.05) is 4.72 Å². The summed E-state index contributed by atoms with van der Waals surface area (Å²) in [5.41, 5.74) is 0.0977. The molecule has 1 heterocycles. The topological polar surface area (TPSA) is 71.4 Å². The SMILES string of the molecule is O=S(=O)(Nc1nccs1)c1ccc(N=Cc2c(F)cccc2F)cc1. The van der Waals surface area contributed by atoms with E-state index in [0.717, 1.165) is 29.7 Å². The molecule has 0 amide bonds. The van der Waals surface area contributed by atoms with E-state index in [-0.39, 0.29) is 15.6 Å². The van der Waals surface area contributed by atoms with E-state index in [9.17, 15) is 17.2 Å². The molecule has 2 aromatic carbocycles. The summed E-state index contributed by atoms with van der Waals surface area (Å²) in [6.07, 6.45) is 2.55. The van der Waals surface area contributed by atoms with Crippen molar-refractivity contribution in [3.8, 4) is 0 Å². The molecule has 1 N–H and O–H groups in total. The Bertz CT molecular complexity index is 982. The van der Waals surface area contributed by atoms with Crippen molar-refractivity contribution < 1.29 is 17.2 Å². The van der Waals surface area contributed by atoms with Crippen molar-refractivity contribution in [3.05, 3.63) is 71.2 Å². The van der Waals surface area contributed by atoms with Gasteiger partial charge in [-0.3, -0.25) is 9.71 Å². The summed E-state index contributed by atoms with van der Waals surface area (Å²) in [6.45, 7) is 0. The third-order valence-corrected chi connectivity index (χ3v) is 5.32. The average molecular weight is 379 g/mol. The summed E-state index contributed by atoms with van der Waals surface area (Å²) in [5.74, 6) is -1.45. The molecule has 0 saturated heterocycles. The third-order valence-electron chi connectivity index (χ3n) is 3.14. The van der Waals surface area contributed by atoms with E-state index in [1.54, 1.807) is 5.38 Å². The number of nitrogens with one attached hydrogen (secondary N) is 1. The molecule has 0 aliphatic carbocycles. The van der Waals surface area contributed by atoms with Gasteiger partial charge in [0, 0.05) is 17.8 Å². The van der Waals surface area contributed by atoms with Crippen LogP contribution in [-0.4, -0.2) is 19.6 Å². The fraction of sp³-hybridized carbons (Fsp3) is 0. The molecular formula is C16H11F2N3O2S2. The molecule has 5 nitrogen and oxygen atoms in total. The lowest BCUT2D eigenvalue weighted by atomic mass is 10.2. The van der Waals surface area contributed by atoms with E-state index in [1.807, 2.05) is 0 Å². The lowest BCUT2D eigenvalue weighted by Gasteiger charge is -2.05. The molecule has 128 valence electrons. The molecule has 3 aromatic rings. The molecule has 0 saturated carbocycles. The number of hydrogen-bond donors (Lipinski definition) is 1. The normalized spacial score (nSPS) is 11.8. The van der Waals surface area contributed by atoms with Gasteiger partial charge in [-0.25, -0.2) is 22.2 Å². The third kappa shape index (κ3) is 4.06. The Morgan fingerprint density at radius 3 is 2.36 bits per heavy atom. The van der Waals surface area contributed by atoms with Gasteiger partial charge < -0.3 is 0 Å². The zero-order valence-electron chi connectivity index (χ0n) is 12.6. The highest BCUT2D eigenvalue weighted by Crippen LogP contribution is 2.21. The first kappa shape index (κ1) is 17.2. The first-order valence-corrected chi connectivity index (χ1v) is 9.32. The smallest absolute Gasteiger partial charge is 0.256 e. The quantitative estimate of drug-likeness (QED) is 0.682. The van der Waals surface area contributed by atoms with E-state index < -0.39 is 21.7 Å². The molecule has 1 aromatic heterocycles. The molecule has 0 bridgehead atoms. The van der Waals surface area contributed by atoms with Crippen LogP contribution in [0.25, 0.3) is 0 Å². The minimum absolute atomic E-state index is 0.0266. The second kappa shape index (κ2) is 7.08. The number of anilines is 1. The van der Waals surface area contributed by atoms with Crippen LogP contribution in [0.5, 0.6) is 0 Å². The van der Waals surface area contributed by atoms with Crippen molar-refractivity contribution in [1.29, 1.82) is 0 Å². The van der Waals surface area contributed by atoms with Gasteiger partial charge in [-0.2, -0.15) is 0 Å². The maximum atomic E-state index is 13.5. The summed E-state index contributed by atoms with van der Waals surface area (Å²) < 4.78 is 53.8. The Hall–Kier alpha value is -2.65. The van der Waals surface area contributed by atoms with Crippen molar-refractivity contribution in [1.82, 2.24) is 4.98 Å². The summed E-state index contributed by atoms with van der Waals surface area (Å²) >= 11 is 1.16. The molecule has 0 aliphatic rings. The number of thiazole rings is 1. The van der Waals surface area contributed by atoms with Gasteiger partial charge in [-0.15, -0.1) is 11.3 Å². The molecule has 0 unspecified atom stereocenters. The second-order valence-corrected chi connectivity index (χ2v) is 7.41. The first-order valence-electron chi connectivity index (χ1n) is 6.96. The zero-order valence-corrected chi connectivity index (χ0v) is 14.2. The Labute approximate surface area is 146 Å². The molecule has 3 rings (SSSR count).